The van der Waals surface area contributed by atoms with Gasteiger partial charge >= 0.3 is 0 Å². The Bertz CT molecular complexity index is 333. The van der Waals surface area contributed by atoms with Gasteiger partial charge in [-0.25, -0.2) is 9.67 Å². The molecule has 0 radical (unpaired) electrons. The maximum absolute atomic E-state index is 5.89. The number of likely N-dealkylation sites (tertiary alicyclic amines) is 1. The Hall–Kier alpha value is -0.940. The Morgan fingerprint density at radius 3 is 3.00 bits per heavy atom. The molecule has 2 N–H and O–H groups in total. The van der Waals surface area contributed by atoms with Gasteiger partial charge in [0.15, 0.2) is 0 Å². The van der Waals surface area contributed by atoms with E-state index < -0.39 is 0 Å². The van der Waals surface area contributed by atoms with Crippen molar-refractivity contribution in [1.82, 2.24) is 19.7 Å². The molecule has 16 heavy (non-hydrogen) atoms. The molecule has 1 unspecified atom stereocenters. The number of hydrogen-bond acceptors (Lipinski definition) is 4. The van der Waals surface area contributed by atoms with Gasteiger partial charge in [-0.2, -0.15) is 5.10 Å². The van der Waals surface area contributed by atoms with Crippen LogP contribution in [0.1, 0.15) is 26.1 Å². The Morgan fingerprint density at radius 2 is 2.38 bits per heavy atom. The summed E-state index contributed by atoms with van der Waals surface area (Å²) in [6.07, 6.45) is 2.74. The fourth-order valence-corrected chi connectivity index (χ4v) is 2.12. The van der Waals surface area contributed by atoms with Crippen LogP contribution in [-0.2, 0) is 13.1 Å². The van der Waals surface area contributed by atoms with Gasteiger partial charge in [-0.05, 0) is 12.3 Å². The highest BCUT2D eigenvalue weighted by atomic mass is 15.4. The quantitative estimate of drug-likeness (QED) is 0.806. The topological polar surface area (TPSA) is 60.0 Å². The number of hydrogen-bond donors (Lipinski definition) is 1. The number of nitrogens with zero attached hydrogens (tertiary/aromatic N) is 4. The lowest BCUT2D eigenvalue weighted by Crippen LogP contribution is -2.27. The summed E-state index contributed by atoms with van der Waals surface area (Å²) in [4.78, 5) is 6.68. The zero-order valence-corrected chi connectivity index (χ0v) is 10.1. The Balaban J connectivity index is 1.96. The van der Waals surface area contributed by atoms with Crippen LogP contribution in [0.2, 0.25) is 0 Å². The minimum atomic E-state index is 0.335. The fraction of sp³-hybridized carbons (Fsp3) is 0.818. The predicted molar refractivity (Wildman–Crippen MR) is 62.7 cm³/mol. The van der Waals surface area contributed by atoms with E-state index in [4.69, 9.17) is 5.73 Å². The standard InChI is InChI=1S/C11H21N5/c1-9(2)5-16-11(13-8-14-16)7-15-4-3-10(12)6-15/h8-10H,3-7,12H2,1-2H3. The van der Waals surface area contributed by atoms with Gasteiger partial charge in [0.2, 0.25) is 0 Å². The molecule has 0 bridgehead atoms. The predicted octanol–water partition coefficient (Wildman–Crippen LogP) is 0.467. The lowest BCUT2D eigenvalue weighted by atomic mass is 10.2. The van der Waals surface area contributed by atoms with Crippen molar-refractivity contribution in [2.75, 3.05) is 13.1 Å². The summed E-state index contributed by atoms with van der Waals surface area (Å²) in [5.41, 5.74) is 5.89. The van der Waals surface area contributed by atoms with Crippen LogP contribution < -0.4 is 5.73 Å². The summed E-state index contributed by atoms with van der Waals surface area (Å²) in [6, 6.07) is 0.335. The van der Waals surface area contributed by atoms with Crippen molar-refractivity contribution < 1.29 is 0 Å². The molecule has 1 aromatic rings. The molecule has 1 aliphatic heterocycles. The second-order valence-electron chi connectivity index (χ2n) is 5.04. The van der Waals surface area contributed by atoms with E-state index in [1.807, 2.05) is 4.68 Å². The van der Waals surface area contributed by atoms with Crippen molar-refractivity contribution >= 4 is 0 Å². The molecule has 0 aromatic carbocycles. The molecule has 1 aromatic heterocycles. The van der Waals surface area contributed by atoms with Gasteiger partial charge in [0.05, 0.1) is 6.54 Å². The van der Waals surface area contributed by atoms with Crippen LogP contribution in [0.3, 0.4) is 0 Å². The minimum Gasteiger partial charge on any atom is -0.326 e. The molecule has 1 atom stereocenters. The van der Waals surface area contributed by atoms with Crippen molar-refractivity contribution in [3.05, 3.63) is 12.2 Å². The average molecular weight is 223 g/mol. The van der Waals surface area contributed by atoms with E-state index in [-0.39, 0.29) is 0 Å². The first kappa shape index (κ1) is 11.5. The molecule has 5 nitrogen and oxygen atoms in total. The second kappa shape index (κ2) is 4.93. The number of aromatic nitrogens is 3. The van der Waals surface area contributed by atoms with Crippen LogP contribution in [0, 0.1) is 5.92 Å². The van der Waals surface area contributed by atoms with Crippen LogP contribution in [0.5, 0.6) is 0 Å². The highest BCUT2D eigenvalue weighted by Gasteiger charge is 2.20. The van der Waals surface area contributed by atoms with Crippen LogP contribution in [0.15, 0.2) is 6.33 Å². The van der Waals surface area contributed by atoms with Gasteiger partial charge in [-0.1, -0.05) is 13.8 Å². The first-order chi connectivity index (χ1) is 7.65. The van der Waals surface area contributed by atoms with Gasteiger partial charge in [-0.3, -0.25) is 4.90 Å². The fourth-order valence-electron chi connectivity index (χ4n) is 2.12. The molecule has 1 saturated heterocycles. The summed E-state index contributed by atoms with van der Waals surface area (Å²) in [7, 11) is 0. The molecule has 0 aliphatic carbocycles. The molecule has 2 heterocycles. The maximum atomic E-state index is 5.89. The van der Waals surface area contributed by atoms with Crippen molar-refractivity contribution in [1.29, 1.82) is 0 Å². The smallest absolute Gasteiger partial charge is 0.141 e. The zero-order valence-electron chi connectivity index (χ0n) is 10.1. The minimum absolute atomic E-state index is 0.335. The third kappa shape index (κ3) is 2.80. The molecular formula is C11H21N5. The van der Waals surface area contributed by atoms with Crippen LogP contribution in [0.4, 0.5) is 0 Å². The normalized spacial score (nSPS) is 22.1. The molecule has 0 saturated carbocycles. The molecule has 2 rings (SSSR count). The second-order valence-corrected chi connectivity index (χ2v) is 5.04. The monoisotopic (exact) mass is 223 g/mol. The molecule has 90 valence electrons. The lowest BCUT2D eigenvalue weighted by Gasteiger charge is -2.15. The van der Waals surface area contributed by atoms with Crippen molar-refractivity contribution in [2.45, 2.75) is 39.4 Å². The highest BCUT2D eigenvalue weighted by molar-refractivity contribution is 4.88. The van der Waals surface area contributed by atoms with E-state index in [0.29, 0.717) is 12.0 Å². The Kier molecular flexibility index (Phi) is 3.56. The van der Waals surface area contributed by atoms with Crippen LogP contribution in [-0.4, -0.2) is 38.8 Å². The maximum Gasteiger partial charge on any atom is 0.141 e. The van der Waals surface area contributed by atoms with E-state index in [1.54, 1.807) is 6.33 Å². The summed E-state index contributed by atoms with van der Waals surface area (Å²) in [5.74, 6) is 1.66. The van der Waals surface area contributed by atoms with Gasteiger partial charge in [0, 0.05) is 25.7 Å². The molecule has 5 heteroatoms. The molecular weight excluding hydrogens is 202 g/mol. The summed E-state index contributed by atoms with van der Waals surface area (Å²) in [6.45, 7) is 8.26. The zero-order chi connectivity index (χ0) is 11.5. The molecule has 0 spiro atoms. The summed E-state index contributed by atoms with van der Waals surface area (Å²) in [5, 5.41) is 4.27. The van der Waals surface area contributed by atoms with Gasteiger partial charge in [0.25, 0.3) is 0 Å². The van der Waals surface area contributed by atoms with Crippen molar-refractivity contribution in [2.24, 2.45) is 11.7 Å². The number of rotatable bonds is 4. The van der Waals surface area contributed by atoms with Crippen LogP contribution >= 0.6 is 0 Å². The van der Waals surface area contributed by atoms with Gasteiger partial charge in [-0.15, -0.1) is 0 Å². The molecule has 0 amide bonds. The Morgan fingerprint density at radius 1 is 1.56 bits per heavy atom. The number of nitrogens with two attached hydrogens (primary N) is 1. The Labute approximate surface area is 96.6 Å². The van der Waals surface area contributed by atoms with Gasteiger partial charge in [0.1, 0.15) is 12.2 Å². The molecule has 1 fully saturated rings. The van der Waals surface area contributed by atoms with E-state index in [0.717, 1.165) is 38.4 Å². The third-order valence-corrected chi connectivity index (χ3v) is 2.91. The first-order valence-corrected chi connectivity index (χ1v) is 5.99. The van der Waals surface area contributed by atoms with E-state index in [1.165, 1.54) is 0 Å². The SMILES string of the molecule is CC(C)Cn1ncnc1CN1CCC(N)C1. The third-order valence-electron chi connectivity index (χ3n) is 2.91. The van der Waals surface area contributed by atoms with Gasteiger partial charge < -0.3 is 5.73 Å². The van der Waals surface area contributed by atoms with Crippen LogP contribution in [0.25, 0.3) is 0 Å². The highest BCUT2D eigenvalue weighted by Crippen LogP contribution is 2.11. The largest absolute Gasteiger partial charge is 0.326 e. The van der Waals surface area contributed by atoms with Crippen molar-refractivity contribution in [3.63, 3.8) is 0 Å². The van der Waals surface area contributed by atoms with Crippen molar-refractivity contribution in [3.8, 4) is 0 Å². The summed E-state index contributed by atoms with van der Waals surface area (Å²) >= 11 is 0. The molecule has 1 aliphatic rings. The summed E-state index contributed by atoms with van der Waals surface area (Å²) < 4.78 is 2.01. The van der Waals surface area contributed by atoms with E-state index in [9.17, 15) is 0 Å². The van der Waals surface area contributed by atoms with E-state index >= 15 is 0 Å². The average Bonchev–Trinajstić information content (AvgIpc) is 2.77. The lowest BCUT2D eigenvalue weighted by molar-refractivity contribution is 0.305. The van der Waals surface area contributed by atoms with E-state index in [2.05, 4.69) is 28.8 Å². The first-order valence-electron chi connectivity index (χ1n) is 5.99.